The third-order valence-corrected chi connectivity index (χ3v) is 3.47. The van der Waals surface area contributed by atoms with Crippen LogP contribution in [-0.2, 0) is 13.1 Å². The highest BCUT2D eigenvalue weighted by molar-refractivity contribution is 5.17. The molecule has 3 nitrogen and oxygen atoms in total. The number of hydrogen-bond acceptors (Lipinski definition) is 3. The summed E-state index contributed by atoms with van der Waals surface area (Å²) in [6.07, 6.45) is 6.48. The first kappa shape index (κ1) is 13.4. The zero-order valence-corrected chi connectivity index (χ0v) is 11.5. The van der Waals surface area contributed by atoms with Gasteiger partial charge in [-0.1, -0.05) is 18.6 Å². The van der Waals surface area contributed by atoms with E-state index in [4.69, 9.17) is 4.42 Å². The van der Waals surface area contributed by atoms with Crippen molar-refractivity contribution in [2.24, 2.45) is 0 Å². The molecule has 2 rings (SSSR count). The summed E-state index contributed by atoms with van der Waals surface area (Å²) in [7, 11) is 0. The van der Waals surface area contributed by atoms with E-state index in [0.29, 0.717) is 0 Å². The quantitative estimate of drug-likeness (QED) is 0.620. The lowest BCUT2D eigenvalue weighted by atomic mass is 10.1. The third kappa shape index (κ3) is 3.72. The van der Waals surface area contributed by atoms with E-state index in [0.717, 1.165) is 38.5 Å². The number of rotatable bonds is 6. The Balaban J connectivity index is 1.87. The van der Waals surface area contributed by atoms with Crippen molar-refractivity contribution in [1.82, 2.24) is 10.2 Å². The average Bonchev–Trinajstić information content (AvgIpc) is 2.80. The van der Waals surface area contributed by atoms with Gasteiger partial charge in [0.2, 0.25) is 0 Å². The lowest BCUT2D eigenvalue weighted by molar-refractivity contribution is 0.259. The molecule has 2 heterocycles. The molecule has 1 aromatic rings. The maximum atomic E-state index is 5.62. The van der Waals surface area contributed by atoms with Gasteiger partial charge in [0.1, 0.15) is 5.76 Å². The molecule has 0 saturated carbocycles. The molecule has 0 fully saturated rings. The van der Waals surface area contributed by atoms with Crippen molar-refractivity contribution >= 4 is 0 Å². The van der Waals surface area contributed by atoms with Crippen molar-refractivity contribution in [3.63, 3.8) is 0 Å². The molecular formula is C15H24N2O. The van der Waals surface area contributed by atoms with E-state index in [1.54, 1.807) is 0 Å². The van der Waals surface area contributed by atoms with Gasteiger partial charge in [-0.25, -0.2) is 0 Å². The topological polar surface area (TPSA) is 28.4 Å². The van der Waals surface area contributed by atoms with Gasteiger partial charge in [0.15, 0.2) is 0 Å². The second-order valence-electron chi connectivity index (χ2n) is 5.08. The van der Waals surface area contributed by atoms with Gasteiger partial charge < -0.3 is 9.73 Å². The van der Waals surface area contributed by atoms with E-state index in [2.05, 4.69) is 36.2 Å². The number of nitrogens with zero attached hydrogens (tertiary/aromatic N) is 1. The monoisotopic (exact) mass is 248 g/mol. The predicted octanol–water partition coefficient (Wildman–Crippen LogP) is 2.93. The summed E-state index contributed by atoms with van der Waals surface area (Å²) in [6.45, 7) is 9.51. The van der Waals surface area contributed by atoms with Crippen LogP contribution in [0.5, 0.6) is 0 Å². The lowest BCUT2D eigenvalue weighted by Gasteiger charge is -2.24. The summed E-state index contributed by atoms with van der Waals surface area (Å²) in [5.41, 5.74) is 2.81. The Kier molecular flexibility index (Phi) is 5.02. The average molecular weight is 248 g/mol. The van der Waals surface area contributed by atoms with Gasteiger partial charge in [0.25, 0.3) is 0 Å². The van der Waals surface area contributed by atoms with E-state index in [-0.39, 0.29) is 0 Å². The summed E-state index contributed by atoms with van der Waals surface area (Å²) in [5.74, 6) is 1.12. The molecule has 1 N–H and O–H groups in total. The van der Waals surface area contributed by atoms with Crippen molar-refractivity contribution in [3.05, 3.63) is 35.3 Å². The van der Waals surface area contributed by atoms with E-state index in [1.165, 1.54) is 24.0 Å². The van der Waals surface area contributed by atoms with Crippen LogP contribution in [0.15, 0.2) is 28.4 Å². The molecule has 18 heavy (non-hydrogen) atoms. The molecule has 100 valence electrons. The summed E-state index contributed by atoms with van der Waals surface area (Å²) < 4.78 is 5.62. The minimum atomic E-state index is 0.919. The summed E-state index contributed by atoms with van der Waals surface area (Å²) in [4.78, 5) is 2.44. The summed E-state index contributed by atoms with van der Waals surface area (Å²) >= 11 is 0. The second kappa shape index (κ2) is 6.76. The van der Waals surface area contributed by atoms with Crippen LogP contribution in [0.25, 0.3) is 0 Å². The molecule has 1 aliphatic rings. The van der Waals surface area contributed by atoms with E-state index < -0.39 is 0 Å². The molecule has 0 aromatic carbocycles. The first-order valence-electron chi connectivity index (χ1n) is 6.93. The molecule has 0 unspecified atom stereocenters. The van der Waals surface area contributed by atoms with E-state index in [1.807, 2.05) is 6.26 Å². The van der Waals surface area contributed by atoms with Gasteiger partial charge >= 0.3 is 0 Å². The van der Waals surface area contributed by atoms with Crippen LogP contribution in [-0.4, -0.2) is 24.5 Å². The Morgan fingerprint density at radius 3 is 3.06 bits per heavy atom. The lowest BCUT2D eigenvalue weighted by Crippen LogP contribution is -2.28. The van der Waals surface area contributed by atoms with Crippen LogP contribution in [0.2, 0.25) is 0 Å². The Bertz CT molecular complexity index is 395. The molecule has 0 saturated heterocycles. The zero-order chi connectivity index (χ0) is 12.8. The summed E-state index contributed by atoms with van der Waals surface area (Å²) in [6, 6.07) is 2.09. The minimum Gasteiger partial charge on any atom is -0.468 e. The van der Waals surface area contributed by atoms with Crippen molar-refractivity contribution in [2.75, 3.05) is 19.6 Å². The standard InChI is InChI=1S/C15H24N2O/c1-3-7-16-11-14-6-10-18-15(14)12-17-8-4-13(2)5-9-17/h4,6,10,16H,3,5,7-9,11-12H2,1-2H3. The highest BCUT2D eigenvalue weighted by atomic mass is 16.3. The molecular weight excluding hydrogens is 224 g/mol. The third-order valence-electron chi connectivity index (χ3n) is 3.47. The van der Waals surface area contributed by atoms with Crippen LogP contribution < -0.4 is 5.32 Å². The number of furan rings is 1. The number of nitrogens with one attached hydrogen (secondary N) is 1. The fourth-order valence-electron chi connectivity index (χ4n) is 2.22. The van der Waals surface area contributed by atoms with Crippen molar-refractivity contribution < 1.29 is 4.42 Å². The highest BCUT2D eigenvalue weighted by Crippen LogP contribution is 2.17. The fraction of sp³-hybridized carbons (Fsp3) is 0.600. The molecule has 0 radical (unpaired) electrons. The molecule has 3 heteroatoms. The SMILES string of the molecule is CCCNCc1ccoc1CN1CC=C(C)CC1. The number of hydrogen-bond donors (Lipinski definition) is 1. The van der Waals surface area contributed by atoms with Gasteiger partial charge in [0, 0.05) is 25.2 Å². The molecule has 0 atom stereocenters. The molecule has 0 bridgehead atoms. The van der Waals surface area contributed by atoms with Crippen LogP contribution in [0.1, 0.15) is 38.0 Å². The Hall–Kier alpha value is -1.06. The molecule has 0 spiro atoms. The van der Waals surface area contributed by atoms with Crippen LogP contribution in [0.3, 0.4) is 0 Å². The Morgan fingerprint density at radius 2 is 2.33 bits per heavy atom. The van der Waals surface area contributed by atoms with E-state index >= 15 is 0 Å². The van der Waals surface area contributed by atoms with Crippen molar-refractivity contribution in [3.8, 4) is 0 Å². The first-order valence-corrected chi connectivity index (χ1v) is 6.93. The maximum Gasteiger partial charge on any atom is 0.122 e. The van der Waals surface area contributed by atoms with Gasteiger partial charge in [0.05, 0.1) is 12.8 Å². The highest BCUT2D eigenvalue weighted by Gasteiger charge is 2.13. The fourth-order valence-corrected chi connectivity index (χ4v) is 2.22. The van der Waals surface area contributed by atoms with Crippen molar-refractivity contribution in [2.45, 2.75) is 39.8 Å². The van der Waals surface area contributed by atoms with Gasteiger partial charge in [-0.2, -0.15) is 0 Å². The molecule has 0 amide bonds. The zero-order valence-electron chi connectivity index (χ0n) is 11.5. The molecule has 0 aliphatic carbocycles. The van der Waals surface area contributed by atoms with Crippen LogP contribution >= 0.6 is 0 Å². The largest absolute Gasteiger partial charge is 0.468 e. The normalized spacial score (nSPS) is 16.9. The maximum absolute atomic E-state index is 5.62. The van der Waals surface area contributed by atoms with Gasteiger partial charge in [-0.05, 0) is 32.4 Å². The molecule has 1 aromatic heterocycles. The van der Waals surface area contributed by atoms with Crippen LogP contribution in [0, 0.1) is 0 Å². The molecule has 1 aliphatic heterocycles. The van der Waals surface area contributed by atoms with Gasteiger partial charge in [-0.3, -0.25) is 4.90 Å². The second-order valence-corrected chi connectivity index (χ2v) is 5.08. The Labute approximate surface area is 110 Å². The predicted molar refractivity (Wildman–Crippen MR) is 74.4 cm³/mol. The first-order chi connectivity index (χ1) is 8.79. The van der Waals surface area contributed by atoms with Crippen LogP contribution in [0.4, 0.5) is 0 Å². The Morgan fingerprint density at radius 1 is 1.44 bits per heavy atom. The van der Waals surface area contributed by atoms with E-state index in [9.17, 15) is 0 Å². The van der Waals surface area contributed by atoms with Crippen molar-refractivity contribution in [1.29, 1.82) is 0 Å². The summed E-state index contributed by atoms with van der Waals surface area (Å²) in [5, 5.41) is 3.43. The smallest absolute Gasteiger partial charge is 0.122 e. The minimum absolute atomic E-state index is 0.919. The van der Waals surface area contributed by atoms with Gasteiger partial charge in [-0.15, -0.1) is 0 Å².